The average molecular weight is 237 g/mol. The molecule has 5 heteroatoms. The van der Waals surface area contributed by atoms with Crippen molar-refractivity contribution in [3.63, 3.8) is 0 Å². The van der Waals surface area contributed by atoms with E-state index in [1.54, 1.807) is 16.8 Å². The largest absolute Gasteiger partial charge is 0.344 e. The lowest BCUT2D eigenvalue weighted by Crippen LogP contribution is -2.40. The van der Waals surface area contributed by atoms with Gasteiger partial charge in [-0.2, -0.15) is 0 Å². The second-order valence-electron chi connectivity index (χ2n) is 4.82. The highest BCUT2D eigenvalue weighted by Crippen LogP contribution is 2.19. The molecule has 5 nitrogen and oxygen atoms in total. The van der Waals surface area contributed by atoms with Crippen LogP contribution in [0.15, 0.2) is 12.2 Å². The summed E-state index contributed by atoms with van der Waals surface area (Å²) in [7, 11) is 1.78. The van der Waals surface area contributed by atoms with Crippen LogP contribution in [-0.4, -0.2) is 54.3 Å². The SMILES string of the molecule is CN1CCCN(C(=O)C2C=CC(N)C2)CC1=O. The Bertz CT molecular complexity index is 354. The van der Waals surface area contributed by atoms with Crippen molar-refractivity contribution in [3.8, 4) is 0 Å². The van der Waals surface area contributed by atoms with Crippen LogP contribution >= 0.6 is 0 Å². The van der Waals surface area contributed by atoms with Crippen LogP contribution in [0, 0.1) is 5.92 Å². The summed E-state index contributed by atoms with van der Waals surface area (Å²) in [6.45, 7) is 1.59. The van der Waals surface area contributed by atoms with Gasteiger partial charge in [0.1, 0.15) is 0 Å². The zero-order valence-corrected chi connectivity index (χ0v) is 10.1. The first-order valence-corrected chi connectivity index (χ1v) is 6.04. The Hall–Kier alpha value is -1.36. The summed E-state index contributed by atoms with van der Waals surface area (Å²) in [5, 5.41) is 0. The van der Waals surface area contributed by atoms with Crippen molar-refractivity contribution in [1.29, 1.82) is 0 Å². The van der Waals surface area contributed by atoms with Gasteiger partial charge in [0, 0.05) is 26.2 Å². The van der Waals surface area contributed by atoms with E-state index >= 15 is 0 Å². The molecule has 2 aliphatic rings. The molecule has 94 valence electrons. The Labute approximate surface area is 101 Å². The van der Waals surface area contributed by atoms with E-state index in [-0.39, 0.29) is 30.3 Å². The number of amides is 2. The van der Waals surface area contributed by atoms with Gasteiger partial charge in [-0.25, -0.2) is 0 Å². The van der Waals surface area contributed by atoms with Crippen molar-refractivity contribution in [2.24, 2.45) is 11.7 Å². The maximum Gasteiger partial charge on any atom is 0.241 e. The quantitative estimate of drug-likeness (QED) is 0.630. The van der Waals surface area contributed by atoms with E-state index in [1.807, 2.05) is 12.2 Å². The molecule has 1 aliphatic heterocycles. The van der Waals surface area contributed by atoms with Gasteiger partial charge in [0.25, 0.3) is 0 Å². The monoisotopic (exact) mass is 237 g/mol. The molecule has 0 bridgehead atoms. The minimum atomic E-state index is -0.138. The first-order chi connectivity index (χ1) is 8.08. The Morgan fingerprint density at radius 3 is 2.82 bits per heavy atom. The zero-order chi connectivity index (χ0) is 12.4. The maximum atomic E-state index is 12.2. The number of rotatable bonds is 1. The van der Waals surface area contributed by atoms with Gasteiger partial charge in [-0.15, -0.1) is 0 Å². The number of hydrogen-bond donors (Lipinski definition) is 1. The average Bonchev–Trinajstić information content (AvgIpc) is 2.65. The summed E-state index contributed by atoms with van der Waals surface area (Å²) in [5.74, 6) is -0.0822. The van der Waals surface area contributed by atoms with Crippen molar-refractivity contribution in [3.05, 3.63) is 12.2 Å². The fourth-order valence-corrected chi connectivity index (χ4v) is 2.32. The van der Waals surface area contributed by atoms with E-state index in [0.29, 0.717) is 13.0 Å². The normalized spacial score (nSPS) is 29.6. The van der Waals surface area contributed by atoms with Gasteiger partial charge < -0.3 is 15.5 Å². The molecule has 0 saturated carbocycles. The Morgan fingerprint density at radius 1 is 1.41 bits per heavy atom. The van der Waals surface area contributed by atoms with Crippen LogP contribution in [0.2, 0.25) is 0 Å². The summed E-state index contributed by atoms with van der Waals surface area (Å²) in [5.41, 5.74) is 5.74. The van der Waals surface area contributed by atoms with Gasteiger partial charge in [-0.3, -0.25) is 9.59 Å². The molecule has 2 unspecified atom stereocenters. The lowest BCUT2D eigenvalue weighted by molar-refractivity contribution is -0.139. The topological polar surface area (TPSA) is 66.6 Å². The molecular formula is C12H19N3O2. The summed E-state index contributed by atoms with van der Waals surface area (Å²) in [4.78, 5) is 27.2. The first-order valence-electron chi connectivity index (χ1n) is 6.04. The standard InChI is InChI=1S/C12H19N3O2/c1-14-5-2-6-15(8-11(14)16)12(17)9-3-4-10(13)7-9/h3-4,9-10H,2,5-8,13H2,1H3. The molecule has 2 rings (SSSR count). The fourth-order valence-electron chi connectivity index (χ4n) is 2.32. The Balaban J connectivity index is 1.99. The maximum absolute atomic E-state index is 12.2. The second-order valence-corrected chi connectivity index (χ2v) is 4.82. The van der Waals surface area contributed by atoms with E-state index in [1.165, 1.54) is 0 Å². The first kappa shape index (κ1) is 12.1. The highest BCUT2D eigenvalue weighted by molar-refractivity contribution is 5.87. The van der Waals surface area contributed by atoms with Gasteiger partial charge in [0.05, 0.1) is 12.5 Å². The van der Waals surface area contributed by atoms with Crippen LogP contribution < -0.4 is 5.73 Å². The van der Waals surface area contributed by atoms with Gasteiger partial charge in [-0.1, -0.05) is 12.2 Å². The molecule has 17 heavy (non-hydrogen) atoms. The minimum Gasteiger partial charge on any atom is -0.344 e. The molecule has 0 aromatic heterocycles. The Kier molecular flexibility index (Phi) is 3.47. The molecule has 1 saturated heterocycles. The van der Waals surface area contributed by atoms with Crippen molar-refractivity contribution in [1.82, 2.24) is 9.80 Å². The third-order valence-corrected chi connectivity index (χ3v) is 3.42. The smallest absolute Gasteiger partial charge is 0.241 e. The van der Waals surface area contributed by atoms with Crippen LogP contribution in [0.4, 0.5) is 0 Å². The van der Waals surface area contributed by atoms with E-state index in [0.717, 1.165) is 13.0 Å². The molecule has 1 aliphatic carbocycles. The van der Waals surface area contributed by atoms with Crippen molar-refractivity contribution >= 4 is 11.8 Å². The zero-order valence-electron chi connectivity index (χ0n) is 10.1. The van der Waals surface area contributed by atoms with E-state index in [9.17, 15) is 9.59 Å². The van der Waals surface area contributed by atoms with Gasteiger partial charge in [0.2, 0.25) is 11.8 Å². The summed E-state index contributed by atoms with van der Waals surface area (Å²) < 4.78 is 0. The summed E-state index contributed by atoms with van der Waals surface area (Å²) in [6, 6.07) is -0.0192. The van der Waals surface area contributed by atoms with Gasteiger partial charge in [0.15, 0.2) is 0 Å². The molecule has 0 aromatic rings. The third-order valence-electron chi connectivity index (χ3n) is 3.42. The molecule has 1 heterocycles. The second kappa shape index (κ2) is 4.87. The molecular weight excluding hydrogens is 218 g/mol. The molecule has 1 fully saturated rings. The highest BCUT2D eigenvalue weighted by Gasteiger charge is 2.29. The number of nitrogens with two attached hydrogens (primary N) is 1. The summed E-state index contributed by atoms with van der Waals surface area (Å²) in [6.07, 6.45) is 5.25. The highest BCUT2D eigenvalue weighted by atomic mass is 16.2. The predicted molar refractivity (Wildman–Crippen MR) is 64.1 cm³/mol. The number of carbonyl (C=O) groups is 2. The Morgan fingerprint density at radius 2 is 2.18 bits per heavy atom. The van der Waals surface area contributed by atoms with Crippen LogP contribution in [-0.2, 0) is 9.59 Å². The number of carbonyl (C=O) groups excluding carboxylic acids is 2. The lowest BCUT2D eigenvalue weighted by Gasteiger charge is -2.22. The van der Waals surface area contributed by atoms with E-state index in [4.69, 9.17) is 5.73 Å². The molecule has 0 spiro atoms. The van der Waals surface area contributed by atoms with Crippen LogP contribution in [0.1, 0.15) is 12.8 Å². The predicted octanol–water partition coefficient (Wildman–Crippen LogP) is -0.419. The van der Waals surface area contributed by atoms with Crippen molar-refractivity contribution < 1.29 is 9.59 Å². The van der Waals surface area contributed by atoms with Crippen LogP contribution in [0.3, 0.4) is 0 Å². The van der Waals surface area contributed by atoms with Crippen molar-refractivity contribution in [2.75, 3.05) is 26.7 Å². The molecule has 2 N–H and O–H groups in total. The van der Waals surface area contributed by atoms with Crippen LogP contribution in [0.25, 0.3) is 0 Å². The summed E-state index contributed by atoms with van der Waals surface area (Å²) >= 11 is 0. The molecule has 2 atom stereocenters. The number of nitrogens with zero attached hydrogens (tertiary/aromatic N) is 2. The third kappa shape index (κ3) is 2.66. The molecule has 0 radical (unpaired) electrons. The number of hydrogen-bond acceptors (Lipinski definition) is 3. The van der Waals surface area contributed by atoms with Crippen LogP contribution in [0.5, 0.6) is 0 Å². The lowest BCUT2D eigenvalue weighted by atomic mass is 10.1. The minimum absolute atomic E-state index is 0.0159. The molecule has 2 amide bonds. The number of likely N-dealkylation sites (N-methyl/N-ethyl adjacent to an activating group) is 1. The van der Waals surface area contributed by atoms with Crippen molar-refractivity contribution in [2.45, 2.75) is 18.9 Å². The van der Waals surface area contributed by atoms with E-state index in [2.05, 4.69) is 0 Å². The van der Waals surface area contributed by atoms with E-state index < -0.39 is 0 Å². The van der Waals surface area contributed by atoms with Gasteiger partial charge >= 0.3 is 0 Å². The van der Waals surface area contributed by atoms with Gasteiger partial charge in [-0.05, 0) is 12.8 Å². The fraction of sp³-hybridized carbons (Fsp3) is 0.667. The molecule has 0 aromatic carbocycles.